The number of tetrazole rings is 1. The van der Waals surface area contributed by atoms with Crippen molar-refractivity contribution in [3.05, 3.63) is 11.6 Å². The number of aryl methyl sites for hydroxylation is 1. The number of anilines is 1. The Labute approximate surface area is 76.9 Å². The predicted molar refractivity (Wildman–Crippen MR) is 41.2 cm³/mol. The Bertz CT molecular complexity index is 433. The molecule has 2 aromatic rings. The molecule has 0 aliphatic heterocycles. The van der Waals surface area contributed by atoms with Gasteiger partial charge in [0.15, 0.2) is 5.82 Å². The molecule has 14 heavy (non-hydrogen) atoms. The molecule has 0 aromatic carbocycles. The maximum Gasteiger partial charge on any atom is 0.328 e. The van der Waals surface area contributed by atoms with Crippen molar-refractivity contribution >= 4 is 11.9 Å². The van der Waals surface area contributed by atoms with Crippen LogP contribution in [0, 0.1) is 6.92 Å². The van der Waals surface area contributed by atoms with Crippen LogP contribution < -0.4 is 5.32 Å². The number of carbonyl (C=O) groups is 1. The first-order valence-electron chi connectivity index (χ1n) is 3.61. The van der Waals surface area contributed by atoms with Crippen LogP contribution in [0.4, 0.5) is 6.01 Å². The molecule has 0 bridgehead atoms. The molecule has 0 radical (unpaired) electrons. The molecule has 9 heteroatoms. The number of hydrogen-bond acceptors (Lipinski definition) is 7. The summed E-state index contributed by atoms with van der Waals surface area (Å²) in [6, 6.07) is -0.00250. The van der Waals surface area contributed by atoms with Crippen LogP contribution in [-0.2, 0) is 0 Å². The van der Waals surface area contributed by atoms with Crippen LogP contribution in [0.25, 0.3) is 0 Å². The molecule has 0 saturated heterocycles. The van der Waals surface area contributed by atoms with Gasteiger partial charge in [-0.1, -0.05) is 5.16 Å². The molecule has 0 aliphatic carbocycles. The predicted octanol–water partition coefficient (Wildman–Crippen LogP) is -0.857. The number of aromatic amines is 1. The van der Waals surface area contributed by atoms with E-state index in [0.717, 1.165) is 0 Å². The van der Waals surface area contributed by atoms with Crippen LogP contribution in [0.15, 0.2) is 4.52 Å². The van der Waals surface area contributed by atoms with Crippen molar-refractivity contribution in [3.63, 3.8) is 0 Å². The second kappa shape index (κ2) is 3.20. The molecule has 2 aromatic heterocycles. The number of carbonyl (C=O) groups excluding carboxylic acids is 1. The van der Waals surface area contributed by atoms with E-state index in [9.17, 15) is 4.79 Å². The van der Waals surface area contributed by atoms with Crippen LogP contribution in [0.1, 0.15) is 16.4 Å². The van der Waals surface area contributed by atoms with Crippen molar-refractivity contribution in [2.45, 2.75) is 6.92 Å². The minimum atomic E-state index is -0.567. The Kier molecular flexibility index (Phi) is 1.89. The van der Waals surface area contributed by atoms with Crippen LogP contribution in [-0.4, -0.2) is 36.7 Å². The standard InChI is InChI=1S/C5H5N7O2/c1-2-6-5(14-10-2)7-4(13)3-8-11-12-9-3/h1H3,(H,6,7,10,13)(H,8,9,11,12). The molecule has 0 saturated carbocycles. The zero-order valence-corrected chi connectivity index (χ0v) is 7.05. The van der Waals surface area contributed by atoms with E-state index in [1.54, 1.807) is 6.92 Å². The third-order valence-corrected chi connectivity index (χ3v) is 1.30. The van der Waals surface area contributed by atoms with Gasteiger partial charge in [0.1, 0.15) is 0 Å². The molecule has 1 amide bonds. The van der Waals surface area contributed by atoms with Gasteiger partial charge in [-0.3, -0.25) is 10.1 Å². The molecule has 0 unspecified atom stereocenters. The molecule has 9 nitrogen and oxygen atoms in total. The number of amides is 1. The SMILES string of the molecule is Cc1noc(NC(=O)c2nn[nH]n2)n1. The fourth-order valence-corrected chi connectivity index (χ4v) is 0.759. The molecule has 2 rings (SSSR count). The van der Waals surface area contributed by atoms with Crippen molar-refractivity contribution in [2.24, 2.45) is 0 Å². The van der Waals surface area contributed by atoms with E-state index in [1.165, 1.54) is 0 Å². The topological polar surface area (TPSA) is 122 Å². The van der Waals surface area contributed by atoms with Crippen LogP contribution >= 0.6 is 0 Å². The Morgan fingerprint density at radius 1 is 1.57 bits per heavy atom. The number of hydrogen-bond donors (Lipinski definition) is 2. The van der Waals surface area contributed by atoms with Crippen LogP contribution in [0.2, 0.25) is 0 Å². The fourth-order valence-electron chi connectivity index (χ4n) is 0.759. The van der Waals surface area contributed by atoms with Crippen LogP contribution in [0.5, 0.6) is 0 Å². The van der Waals surface area contributed by atoms with Crippen LogP contribution in [0.3, 0.4) is 0 Å². The van der Waals surface area contributed by atoms with E-state index in [0.29, 0.717) is 5.82 Å². The zero-order valence-electron chi connectivity index (χ0n) is 7.05. The minimum absolute atomic E-state index is 0.00250. The highest BCUT2D eigenvalue weighted by molar-refractivity contribution is 5.99. The average Bonchev–Trinajstić information content (AvgIpc) is 2.75. The molecule has 0 fully saturated rings. The number of nitrogens with one attached hydrogen (secondary N) is 2. The highest BCUT2D eigenvalue weighted by Crippen LogP contribution is 2.02. The summed E-state index contributed by atoms with van der Waals surface area (Å²) in [5.74, 6) is -0.239. The smallest absolute Gasteiger partial charge is 0.315 e. The van der Waals surface area contributed by atoms with Gasteiger partial charge in [0.2, 0.25) is 0 Å². The summed E-state index contributed by atoms with van der Waals surface area (Å²) in [5, 5.41) is 18.1. The number of nitrogens with zero attached hydrogens (tertiary/aromatic N) is 5. The van der Waals surface area contributed by atoms with Crippen molar-refractivity contribution in [1.29, 1.82) is 0 Å². The summed E-state index contributed by atoms with van der Waals surface area (Å²) >= 11 is 0. The Morgan fingerprint density at radius 3 is 3.00 bits per heavy atom. The molecule has 72 valence electrons. The second-order valence-electron chi connectivity index (χ2n) is 2.34. The van der Waals surface area contributed by atoms with E-state index < -0.39 is 5.91 Å². The molecule has 2 N–H and O–H groups in total. The second-order valence-corrected chi connectivity index (χ2v) is 2.34. The van der Waals surface area contributed by atoms with Gasteiger partial charge >= 0.3 is 11.9 Å². The quantitative estimate of drug-likeness (QED) is 0.639. The summed E-state index contributed by atoms with van der Waals surface area (Å²) in [6.07, 6.45) is 0. The van der Waals surface area contributed by atoms with Gasteiger partial charge in [0, 0.05) is 0 Å². The molecule has 2 heterocycles. The molecular formula is C5H5N7O2. The highest BCUT2D eigenvalue weighted by atomic mass is 16.5. The van der Waals surface area contributed by atoms with Gasteiger partial charge in [-0.05, 0) is 12.1 Å². The Morgan fingerprint density at radius 2 is 2.43 bits per heavy atom. The van der Waals surface area contributed by atoms with Gasteiger partial charge in [-0.2, -0.15) is 10.2 Å². The van der Waals surface area contributed by atoms with E-state index in [2.05, 4.69) is 40.6 Å². The van der Waals surface area contributed by atoms with Crippen molar-refractivity contribution in [3.8, 4) is 0 Å². The first-order valence-corrected chi connectivity index (χ1v) is 3.61. The van der Waals surface area contributed by atoms with Gasteiger partial charge in [-0.15, -0.1) is 10.2 Å². The maximum atomic E-state index is 11.3. The fraction of sp³-hybridized carbons (Fsp3) is 0.200. The molecule has 0 spiro atoms. The third kappa shape index (κ3) is 1.55. The Balaban J connectivity index is 2.09. The maximum absolute atomic E-state index is 11.3. The van der Waals surface area contributed by atoms with Crippen molar-refractivity contribution < 1.29 is 9.32 Å². The third-order valence-electron chi connectivity index (χ3n) is 1.30. The summed E-state index contributed by atoms with van der Waals surface area (Å²) in [5.41, 5.74) is 0. The van der Waals surface area contributed by atoms with E-state index in [-0.39, 0.29) is 11.8 Å². The average molecular weight is 195 g/mol. The minimum Gasteiger partial charge on any atom is -0.315 e. The zero-order chi connectivity index (χ0) is 9.97. The molecule has 0 atom stereocenters. The molecule has 0 aliphatic rings. The lowest BCUT2D eigenvalue weighted by atomic mass is 10.6. The highest BCUT2D eigenvalue weighted by Gasteiger charge is 2.13. The summed E-state index contributed by atoms with van der Waals surface area (Å²) in [6.45, 7) is 1.63. The monoisotopic (exact) mass is 195 g/mol. The van der Waals surface area contributed by atoms with Gasteiger partial charge < -0.3 is 4.52 Å². The number of rotatable bonds is 2. The normalized spacial score (nSPS) is 10.1. The lowest BCUT2D eigenvalue weighted by Gasteiger charge is -1.91. The summed E-state index contributed by atoms with van der Waals surface area (Å²) in [4.78, 5) is 15.0. The van der Waals surface area contributed by atoms with E-state index in [1.807, 2.05) is 0 Å². The number of aromatic nitrogens is 6. The van der Waals surface area contributed by atoms with E-state index >= 15 is 0 Å². The van der Waals surface area contributed by atoms with Gasteiger partial charge in [0.05, 0.1) is 0 Å². The lowest BCUT2D eigenvalue weighted by Crippen LogP contribution is -2.14. The summed E-state index contributed by atoms with van der Waals surface area (Å²) in [7, 11) is 0. The number of H-pyrrole nitrogens is 1. The first kappa shape index (κ1) is 8.29. The van der Waals surface area contributed by atoms with Crippen molar-refractivity contribution in [2.75, 3.05) is 5.32 Å². The first-order chi connectivity index (χ1) is 6.75. The Hall–Kier alpha value is -2.32. The van der Waals surface area contributed by atoms with Gasteiger partial charge in [-0.25, -0.2) is 0 Å². The molecular weight excluding hydrogens is 190 g/mol. The summed E-state index contributed by atoms with van der Waals surface area (Å²) < 4.78 is 4.65. The lowest BCUT2D eigenvalue weighted by molar-refractivity contribution is 0.101. The van der Waals surface area contributed by atoms with E-state index in [4.69, 9.17) is 0 Å². The largest absolute Gasteiger partial charge is 0.328 e. The van der Waals surface area contributed by atoms with Gasteiger partial charge in [0.25, 0.3) is 5.82 Å². The van der Waals surface area contributed by atoms with Crippen molar-refractivity contribution in [1.82, 2.24) is 30.8 Å².